The van der Waals surface area contributed by atoms with Crippen molar-refractivity contribution in [1.29, 1.82) is 0 Å². The lowest BCUT2D eigenvalue weighted by molar-refractivity contribution is -0.123. The van der Waals surface area contributed by atoms with E-state index in [0.29, 0.717) is 34.4 Å². The number of nitrogens with one attached hydrogen (secondary N) is 1. The second-order valence-corrected chi connectivity index (χ2v) is 10.2. The normalized spacial score (nSPS) is 14.0. The summed E-state index contributed by atoms with van der Waals surface area (Å²) in [6.45, 7) is 6.13. The highest BCUT2D eigenvalue weighted by molar-refractivity contribution is 8.18. The molecule has 1 N–H and O–H groups in total. The molecule has 208 valence electrons. The number of aryl methyl sites for hydroxylation is 1. The predicted molar refractivity (Wildman–Crippen MR) is 157 cm³/mol. The van der Waals surface area contributed by atoms with E-state index in [4.69, 9.17) is 25.8 Å². The molecule has 1 heterocycles. The highest BCUT2D eigenvalue weighted by atomic mass is 35.5. The number of imide groups is 1. The Morgan fingerprint density at radius 1 is 0.975 bits per heavy atom. The van der Waals surface area contributed by atoms with Crippen LogP contribution in [0.1, 0.15) is 23.6 Å². The molecule has 3 aromatic carbocycles. The van der Waals surface area contributed by atoms with Gasteiger partial charge >= 0.3 is 0 Å². The van der Waals surface area contributed by atoms with Crippen LogP contribution >= 0.6 is 23.4 Å². The molecule has 3 aromatic rings. The maximum atomic E-state index is 12.9. The first kappa shape index (κ1) is 29.0. The highest BCUT2D eigenvalue weighted by Gasteiger charge is 2.34. The first-order valence-electron chi connectivity index (χ1n) is 12.6. The monoisotopic (exact) mass is 580 g/mol. The maximum absolute atomic E-state index is 12.9. The molecule has 1 fully saturated rings. The highest BCUT2D eigenvalue weighted by Crippen LogP contribution is 2.35. The molecule has 1 saturated heterocycles. The number of nitrogens with zero attached hydrogens (tertiary/aromatic N) is 1. The molecule has 1 aliphatic heterocycles. The van der Waals surface area contributed by atoms with Crippen LogP contribution in [0, 0.1) is 13.8 Å². The van der Waals surface area contributed by atoms with Gasteiger partial charge < -0.3 is 19.5 Å². The third-order valence-electron chi connectivity index (χ3n) is 6.09. The Balaban J connectivity index is 1.39. The number of ether oxygens (including phenoxy) is 3. The van der Waals surface area contributed by atoms with Crippen molar-refractivity contribution in [3.63, 3.8) is 0 Å². The number of para-hydroxylation sites is 1. The second-order valence-electron chi connectivity index (χ2n) is 8.84. The second kappa shape index (κ2) is 13.4. The summed E-state index contributed by atoms with van der Waals surface area (Å²) in [7, 11) is 0. The summed E-state index contributed by atoms with van der Waals surface area (Å²) in [6, 6.07) is 17.8. The molecular weight excluding hydrogens is 552 g/mol. The summed E-state index contributed by atoms with van der Waals surface area (Å²) in [5, 5.41) is 2.94. The van der Waals surface area contributed by atoms with Crippen molar-refractivity contribution < 1.29 is 28.6 Å². The van der Waals surface area contributed by atoms with Crippen LogP contribution in [-0.2, 0) is 9.59 Å². The van der Waals surface area contributed by atoms with Gasteiger partial charge in [-0.1, -0.05) is 41.9 Å². The number of halogens is 1. The van der Waals surface area contributed by atoms with E-state index in [1.165, 1.54) is 0 Å². The molecule has 10 heteroatoms. The fraction of sp³-hybridized carbons (Fsp3) is 0.233. The first-order valence-corrected chi connectivity index (χ1v) is 13.8. The standard InChI is InChI=1S/C30H29ClN2O6S/c1-4-37-26-16-21(12-13-25(26)39-18-28(34)32-23-10-7-8-19(2)20(23)3)17-27-29(35)33(30(36)40-27)14-15-38-24-11-6-5-9-22(24)31/h5-13,16-17H,4,14-15,18H2,1-3H3,(H,32,34)/b27-17-. The number of thioether (sulfide) groups is 1. The summed E-state index contributed by atoms with van der Waals surface area (Å²) in [5.41, 5.74) is 3.45. The van der Waals surface area contributed by atoms with E-state index in [1.807, 2.05) is 39.0 Å². The Morgan fingerprint density at radius 3 is 2.55 bits per heavy atom. The minimum absolute atomic E-state index is 0.0916. The van der Waals surface area contributed by atoms with Crippen LogP contribution in [0.2, 0.25) is 5.02 Å². The van der Waals surface area contributed by atoms with Gasteiger partial charge in [0.15, 0.2) is 18.1 Å². The van der Waals surface area contributed by atoms with E-state index in [2.05, 4.69) is 5.32 Å². The molecule has 0 radical (unpaired) electrons. The van der Waals surface area contributed by atoms with Gasteiger partial charge in [-0.3, -0.25) is 19.3 Å². The lowest BCUT2D eigenvalue weighted by Crippen LogP contribution is -2.32. The van der Waals surface area contributed by atoms with Gasteiger partial charge in [0.05, 0.1) is 23.1 Å². The van der Waals surface area contributed by atoms with Crippen molar-refractivity contribution in [3.8, 4) is 17.2 Å². The number of rotatable bonds is 11. The molecule has 8 nitrogen and oxygen atoms in total. The SMILES string of the molecule is CCOc1cc(/C=C2\SC(=O)N(CCOc3ccccc3Cl)C2=O)ccc1OCC(=O)Nc1cccc(C)c1C. The quantitative estimate of drug-likeness (QED) is 0.259. The topological polar surface area (TPSA) is 94.2 Å². The molecule has 0 bridgehead atoms. The van der Waals surface area contributed by atoms with E-state index in [0.717, 1.165) is 33.5 Å². The molecule has 3 amide bonds. The third-order valence-corrected chi connectivity index (χ3v) is 7.31. The van der Waals surface area contributed by atoms with Crippen molar-refractivity contribution >= 4 is 52.2 Å². The zero-order chi connectivity index (χ0) is 28.6. The van der Waals surface area contributed by atoms with Crippen molar-refractivity contribution in [1.82, 2.24) is 4.90 Å². The molecule has 0 aromatic heterocycles. The van der Waals surface area contributed by atoms with Crippen LogP contribution in [0.25, 0.3) is 6.08 Å². The number of hydrogen-bond donors (Lipinski definition) is 1. The molecule has 0 atom stereocenters. The minimum Gasteiger partial charge on any atom is -0.490 e. The number of benzene rings is 3. The number of carbonyl (C=O) groups excluding carboxylic acids is 3. The van der Waals surface area contributed by atoms with E-state index in [1.54, 1.807) is 48.5 Å². The van der Waals surface area contributed by atoms with Crippen LogP contribution < -0.4 is 19.5 Å². The third kappa shape index (κ3) is 7.16. The number of anilines is 1. The van der Waals surface area contributed by atoms with Gasteiger partial charge in [-0.15, -0.1) is 0 Å². The van der Waals surface area contributed by atoms with Crippen molar-refractivity contribution in [2.24, 2.45) is 0 Å². The van der Waals surface area contributed by atoms with Crippen LogP contribution in [-0.4, -0.2) is 48.3 Å². The van der Waals surface area contributed by atoms with Gasteiger partial charge in [-0.2, -0.15) is 0 Å². The van der Waals surface area contributed by atoms with E-state index >= 15 is 0 Å². The molecule has 0 saturated carbocycles. The molecule has 4 rings (SSSR count). The Morgan fingerprint density at radius 2 is 1.77 bits per heavy atom. The average molecular weight is 581 g/mol. The molecule has 0 aliphatic carbocycles. The number of amides is 3. The van der Waals surface area contributed by atoms with Gasteiger partial charge in [0.25, 0.3) is 17.1 Å². The van der Waals surface area contributed by atoms with Crippen molar-refractivity contribution in [3.05, 3.63) is 87.3 Å². The molecule has 1 aliphatic rings. The van der Waals surface area contributed by atoms with Crippen LogP contribution in [0.4, 0.5) is 10.5 Å². The predicted octanol–water partition coefficient (Wildman–Crippen LogP) is 6.49. The Kier molecular flexibility index (Phi) is 9.74. The summed E-state index contributed by atoms with van der Waals surface area (Å²) in [6.07, 6.45) is 1.62. The summed E-state index contributed by atoms with van der Waals surface area (Å²) in [4.78, 5) is 39.3. The summed E-state index contributed by atoms with van der Waals surface area (Å²) < 4.78 is 17.1. The summed E-state index contributed by atoms with van der Waals surface area (Å²) in [5.74, 6) is 0.592. The summed E-state index contributed by atoms with van der Waals surface area (Å²) >= 11 is 6.95. The average Bonchev–Trinajstić information content (AvgIpc) is 3.19. The van der Waals surface area contributed by atoms with Crippen LogP contribution in [0.3, 0.4) is 0 Å². The van der Waals surface area contributed by atoms with Gasteiger partial charge in [0.1, 0.15) is 12.4 Å². The lowest BCUT2D eigenvalue weighted by Gasteiger charge is -2.14. The molecule has 40 heavy (non-hydrogen) atoms. The van der Waals surface area contributed by atoms with Crippen LogP contribution in [0.5, 0.6) is 17.2 Å². The first-order chi connectivity index (χ1) is 19.3. The zero-order valence-corrected chi connectivity index (χ0v) is 23.9. The smallest absolute Gasteiger partial charge is 0.293 e. The number of hydrogen-bond acceptors (Lipinski definition) is 7. The Hall–Kier alpha value is -3.95. The fourth-order valence-corrected chi connectivity index (χ4v) is 4.93. The van der Waals surface area contributed by atoms with Crippen molar-refractivity contribution in [2.75, 3.05) is 31.7 Å². The van der Waals surface area contributed by atoms with Gasteiger partial charge in [0.2, 0.25) is 0 Å². The van der Waals surface area contributed by atoms with Gasteiger partial charge in [-0.25, -0.2) is 0 Å². The largest absolute Gasteiger partial charge is 0.490 e. The molecule has 0 spiro atoms. The number of carbonyl (C=O) groups is 3. The van der Waals surface area contributed by atoms with Crippen molar-refractivity contribution in [2.45, 2.75) is 20.8 Å². The Labute approximate surface area is 242 Å². The van der Waals surface area contributed by atoms with E-state index in [-0.39, 0.29) is 35.8 Å². The van der Waals surface area contributed by atoms with E-state index in [9.17, 15) is 14.4 Å². The van der Waals surface area contributed by atoms with Gasteiger partial charge in [0, 0.05) is 5.69 Å². The zero-order valence-electron chi connectivity index (χ0n) is 22.4. The van der Waals surface area contributed by atoms with Crippen LogP contribution in [0.15, 0.2) is 65.6 Å². The van der Waals surface area contributed by atoms with Gasteiger partial charge in [-0.05, 0) is 85.6 Å². The maximum Gasteiger partial charge on any atom is 0.293 e. The fourth-order valence-electron chi connectivity index (χ4n) is 3.87. The minimum atomic E-state index is -0.404. The molecule has 0 unspecified atom stereocenters. The molecular formula is C30H29ClN2O6S. The van der Waals surface area contributed by atoms with E-state index < -0.39 is 5.91 Å². The lowest BCUT2D eigenvalue weighted by atomic mass is 10.1. The Bertz CT molecular complexity index is 1460.